The number of carbonyl (C=O) groups excluding carboxylic acids is 2. The molecule has 1 aliphatic rings. The Morgan fingerprint density at radius 1 is 1.23 bits per heavy atom. The van der Waals surface area contributed by atoms with Crippen LogP contribution in [0.3, 0.4) is 0 Å². The highest BCUT2D eigenvalue weighted by Crippen LogP contribution is 2.26. The molecule has 2 amide bonds. The van der Waals surface area contributed by atoms with E-state index in [4.69, 9.17) is 14.5 Å². The fraction of sp³-hybridized carbons (Fsp3) is 0.304. The summed E-state index contributed by atoms with van der Waals surface area (Å²) in [5.41, 5.74) is 2.24. The molecule has 8 nitrogen and oxygen atoms in total. The largest absolute Gasteiger partial charge is 0.383 e. The normalized spacial score (nSPS) is 16.3. The molecule has 8 heteroatoms. The topological polar surface area (TPSA) is 93.7 Å². The lowest BCUT2D eigenvalue weighted by Crippen LogP contribution is -2.42. The van der Waals surface area contributed by atoms with Gasteiger partial charge in [0.1, 0.15) is 11.8 Å². The van der Waals surface area contributed by atoms with Crippen molar-refractivity contribution < 1.29 is 19.1 Å². The summed E-state index contributed by atoms with van der Waals surface area (Å²) in [6, 6.07) is 14.5. The third-order valence-electron chi connectivity index (χ3n) is 5.14. The minimum Gasteiger partial charge on any atom is -0.383 e. The molecule has 3 aromatic rings. The van der Waals surface area contributed by atoms with Crippen LogP contribution in [0.25, 0.3) is 10.9 Å². The number of nitrogens with zero attached hydrogens (tertiary/aromatic N) is 3. The van der Waals surface area contributed by atoms with E-state index in [2.05, 4.69) is 10.3 Å². The van der Waals surface area contributed by atoms with Gasteiger partial charge < -0.3 is 19.7 Å². The van der Waals surface area contributed by atoms with Gasteiger partial charge in [0.25, 0.3) is 11.8 Å². The third-order valence-corrected chi connectivity index (χ3v) is 5.14. The average Bonchev–Trinajstić information content (AvgIpc) is 2.83. The number of ether oxygens (including phenoxy) is 2. The minimum atomic E-state index is -0.434. The molecular formula is C23H24N4O4. The summed E-state index contributed by atoms with van der Waals surface area (Å²) in [4.78, 5) is 36.2. The van der Waals surface area contributed by atoms with Crippen LogP contribution in [0.1, 0.15) is 32.6 Å². The van der Waals surface area contributed by atoms with E-state index in [1.807, 2.05) is 24.3 Å². The SMILES string of the molecule is COCCNC(=O)c1cc([C@@H]2CN(C(=O)c3ccccn3)CCO2)nc2ccccc12. The average molecular weight is 420 g/mol. The molecule has 1 fully saturated rings. The van der Waals surface area contributed by atoms with E-state index >= 15 is 0 Å². The fourth-order valence-electron chi connectivity index (χ4n) is 3.57. The molecule has 0 spiro atoms. The van der Waals surface area contributed by atoms with Crippen molar-refractivity contribution >= 4 is 22.7 Å². The van der Waals surface area contributed by atoms with Crippen LogP contribution in [-0.2, 0) is 9.47 Å². The molecule has 0 unspecified atom stereocenters. The van der Waals surface area contributed by atoms with Crippen LogP contribution in [0.15, 0.2) is 54.7 Å². The number of amides is 2. The Hall–Kier alpha value is -3.36. The van der Waals surface area contributed by atoms with Crippen molar-refractivity contribution in [2.24, 2.45) is 0 Å². The molecular weight excluding hydrogens is 396 g/mol. The van der Waals surface area contributed by atoms with E-state index in [0.29, 0.717) is 55.3 Å². The molecule has 0 aliphatic carbocycles. The van der Waals surface area contributed by atoms with Crippen LogP contribution < -0.4 is 5.32 Å². The monoisotopic (exact) mass is 420 g/mol. The molecule has 1 atom stereocenters. The quantitative estimate of drug-likeness (QED) is 0.615. The number of rotatable bonds is 6. The van der Waals surface area contributed by atoms with Crippen molar-refractivity contribution in [3.8, 4) is 0 Å². The lowest BCUT2D eigenvalue weighted by Gasteiger charge is -2.32. The summed E-state index contributed by atoms with van der Waals surface area (Å²) < 4.78 is 10.9. The van der Waals surface area contributed by atoms with Gasteiger partial charge in [-0.3, -0.25) is 14.6 Å². The first-order valence-corrected chi connectivity index (χ1v) is 10.2. The van der Waals surface area contributed by atoms with E-state index in [1.165, 1.54) is 0 Å². The summed E-state index contributed by atoms with van der Waals surface area (Å²) in [5, 5.41) is 3.63. The minimum absolute atomic E-state index is 0.146. The number of para-hydroxylation sites is 1. The van der Waals surface area contributed by atoms with Gasteiger partial charge >= 0.3 is 0 Å². The van der Waals surface area contributed by atoms with Gasteiger partial charge in [0.05, 0.1) is 36.5 Å². The summed E-state index contributed by atoms with van der Waals surface area (Å²) in [6.07, 6.45) is 1.17. The summed E-state index contributed by atoms with van der Waals surface area (Å²) in [7, 11) is 1.59. The molecule has 0 saturated carbocycles. The predicted molar refractivity (Wildman–Crippen MR) is 115 cm³/mol. The van der Waals surface area contributed by atoms with Gasteiger partial charge in [-0.15, -0.1) is 0 Å². The Morgan fingerprint density at radius 2 is 2.06 bits per heavy atom. The number of hydrogen-bond acceptors (Lipinski definition) is 6. The van der Waals surface area contributed by atoms with Gasteiger partial charge in [-0.25, -0.2) is 4.98 Å². The number of methoxy groups -OCH3 is 1. The summed E-state index contributed by atoms with van der Waals surface area (Å²) >= 11 is 0. The molecule has 31 heavy (non-hydrogen) atoms. The Morgan fingerprint density at radius 3 is 2.87 bits per heavy atom. The number of carbonyl (C=O) groups is 2. The highest BCUT2D eigenvalue weighted by Gasteiger charge is 2.28. The Balaban J connectivity index is 1.61. The van der Waals surface area contributed by atoms with Crippen molar-refractivity contribution in [2.75, 3.05) is 40.0 Å². The highest BCUT2D eigenvalue weighted by molar-refractivity contribution is 6.06. The second kappa shape index (κ2) is 9.63. The predicted octanol–water partition coefficient (Wildman–Crippen LogP) is 2.22. The Bertz CT molecular complexity index is 1070. The van der Waals surface area contributed by atoms with E-state index < -0.39 is 6.10 Å². The van der Waals surface area contributed by atoms with Crippen molar-refractivity contribution in [3.05, 3.63) is 71.7 Å². The number of pyridine rings is 2. The van der Waals surface area contributed by atoms with Gasteiger partial charge in [0.2, 0.25) is 0 Å². The van der Waals surface area contributed by atoms with Crippen LogP contribution in [0.4, 0.5) is 0 Å². The zero-order chi connectivity index (χ0) is 21.6. The van der Waals surface area contributed by atoms with Crippen LogP contribution in [-0.4, -0.2) is 66.6 Å². The number of hydrogen-bond donors (Lipinski definition) is 1. The van der Waals surface area contributed by atoms with Crippen LogP contribution in [0.2, 0.25) is 0 Å². The summed E-state index contributed by atoms with van der Waals surface area (Å²) in [5.74, 6) is -0.346. The number of aromatic nitrogens is 2. The molecule has 1 aromatic carbocycles. The smallest absolute Gasteiger partial charge is 0.272 e. The lowest BCUT2D eigenvalue weighted by molar-refractivity contribution is -0.0248. The van der Waals surface area contributed by atoms with Gasteiger partial charge in [-0.05, 0) is 24.3 Å². The molecule has 1 saturated heterocycles. The maximum atomic E-state index is 12.8. The number of morpholine rings is 1. The van der Waals surface area contributed by atoms with Crippen molar-refractivity contribution in [1.82, 2.24) is 20.2 Å². The maximum absolute atomic E-state index is 12.8. The number of fused-ring (bicyclic) bond motifs is 1. The maximum Gasteiger partial charge on any atom is 0.272 e. The van der Waals surface area contributed by atoms with E-state index in [1.54, 1.807) is 42.5 Å². The van der Waals surface area contributed by atoms with Crippen LogP contribution in [0.5, 0.6) is 0 Å². The van der Waals surface area contributed by atoms with Crippen molar-refractivity contribution in [3.63, 3.8) is 0 Å². The standard InChI is InChI=1S/C23H24N4O4/c1-30-12-10-25-22(28)17-14-20(26-18-7-3-2-6-16(17)18)21-15-27(11-13-31-21)23(29)19-8-4-5-9-24-19/h2-9,14,21H,10-13,15H2,1H3,(H,25,28)/t21-/m0/s1. The van der Waals surface area contributed by atoms with Crippen LogP contribution in [0, 0.1) is 0 Å². The Kier molecular flexibility index (Phi) is 6.49. The molecule has 1 N–H and O–H groups in total. The van der Waals surface area contributed by atoms with E-state index in [9.17, 15) is 9.59 Å². The first-order chi connectivity index (χ1) is 15.2. The zero-order valence-corrected chi connectivity index (χ0v) is 17.3. The first-order valence-electron chi connectivity index (χ1n) is 10.2. The van der Waals surface area contributed by atoms with E-state index in [-0.39, 0.29) is 11.8 Å². The number of nitrogens with one attached hydrogen (secondary N) is 1. The number of benzene rings is 1. The zero-order valence-electron chi connectivity index (χ0n) is 17.3. The van der Waals surface area contributed by atoms with E-state index in [0.717, 1.165) is 5.39 Å². The Labute approximate surface area is 180 Å². The van der Waals surface area contributed by atoms with Crippen molar-refractivity contribution in [1.29, 1.82) is 0 Å². The van der Waals surface area contributed by atoms with Crippen molar-refractivity contribution in [2.45, 2.75) is 6.10 Å². The molecule has 4 rings (SSSR count). The van der Waals surface area contributed by atoms with Gasteiger partial charge in [0, 0.05) is 31.8 Å². The lowest BCUT2D eigenvalue weighted by atomic mass is 10.0. The molecule has 0 bridgehead atoms. The summed E-state index contributed by atoms with van der Waals surface area (Å²) in [6.45, 7) is 2.04. The third kappa shape index (κ3) is 4.70. The first kappa shape index (κ1) is 20.9. The molecule has 160 valence electrons. The second-order valence-electron chi connectivity index (χ2n) is 7.19. The van der Waals surface area contributed by atoms with Gasteiger partial charge in [-0.2, -0.15) is 0 Å². The highest BCUT2D eigenvalue weighted by atomic mass is 16.5. The molecule has 2 aromatic heterocycles. The fourth-order valence-corrected chi connectivity index (χ4v) is 3.57. The molecule has 1 aliphatic heterocycles. The molecule has 0 radical (unpaired) electrons. The molecule has 3 heterocycles. The second-order valence-corrected chi connectivity index (χ2v) is 7.19. The van der Waals surface area contributed by atoms with Gasteiger partial charge in [-0.1, -0.05) is 24.3 Å². The van der Waals surface area contributed by atoms with Gasteiger partial charge in [0.15, 0.2) is 0 Å². The van der Waals surface area contributed by atoms with Crippen LogP contribution >= 0.6 is 0 Å².